The van der Waals surface area contributed by atoms with Gasteiger partial charge in [-0.05, 0) is 25.5 Å². The number of aromatic carboxylic acids is 1. The highest BCUT2D eigenvalue weighted by molar-refractivity contribution is 7.17. The zero-order valence-electron chi connectivity index (χ0n) is 11.4. The summed E-state index contributed by atoms with van der Waals surface area (Å²) in [6.07, 6.45) is 0. The molecule has 0 saturated carbocycles. The molecule has 5 nitrogen and oxygen atoms in total. The van der Waals surface area contributed by atoms with Gasteiger partial charge in [0.1, 0.15) is 4.88 Å². The summed E-state index contributed by atoms with van der Waals surface area (Å²) in [5.74, 6) is -1.49. The van der Waals surface area contributed by atoms with Crippen molar-refractivity contribution >= 4 is 33.9 Å². The van der Waals surface area contributed by atoms with Crippen LogP contribution in [0.4, 0.5) is 10.8 Å². The zero-order valence-corrected chi connectivity index (χ0v) is 12.2. The molecule has 20 heavy (non-hydrogen) atoms. The topological polar surface area (TPSA) is 79.3 Å². The van der Waals surface area contributed by atoms with Gasteiger partial charge < -0.3 is 10.4 Å². The van der Waals surface area contributed by atoms with Crippen molar-refractivity contribution in [3.8, 4) is 0 Å². The van der Waals surface area contributed by atoms with Gasteiger partial charge in [-0.2, -0.15) is 0 Å². The second-order valence-corrected chi connectivity index (χ2v) is 5.50. The first-order chi connectivity index (χ1) is 9.38. The van der Waals surface area contributed by atoms with Gasteiger partial charge in [0.2, 0.25) is 0 Å². The van der Waals surface area contributed by atoms with Gasteiger partial charge in [-0.25, -0.2) is 9.78 Å². The SMILES string of the molecule is CC(=O)c1sc(Nc2ccc(C)cc2C)nc1C(=O)O. The number of aromatic nitrogens is 1. The van der Waals surface area contributed by atoms with Crippen molar-refractivity contribution in [1.29, 1.82) is 0 Å². The van der Waals surface area contributed by atoms with Gasteiger partial charge in [0.25, 0.3) is 0 Å². The summed E-state index contributed by atoms with van der Waals surface area (Å²) in [6.45, 7) is 5.28. The number of thiazole rings is 1. The summed E-state index contributed by atoms with van der Waals surface area (Å²) in [7, 11) is 0. The summed E-state index contributed by atoms with van der Waals surface area (Å²) in [4.78, 5) is 26.6. The third-order valence-corrected chi connectivity index (χ3v) is 3.84. The number of aryl methyl sites for hydroxylation is 2. The van der Waals surface area contributed by atoms with Crippen LogP contribution in [-0.2, 0) is 0 Å². The predicted octanol–water partition coefficient (Wildman–Crippen LogP) is 3.40. The number of ketones is 1. The monoisotopic (exact) mass is 290 g/mol. The van der Waals surface area contributed by atoms with Gasteiger partial charge in [0.05, 0.1) is 0 Å². The third kappa shape index (κ3) is 2.85. The maximum Gasteiger partial charge on any atom is 0.356 e. The lowest BCUT2D eigenvalue weighted by molar-refractivity contribution is 0.0687. The Hall–Kier alpha value is -2.21. The molecule has 0 bridgehead atoms. The van der Waals surface area contributed by atoms with Gasteiger partial charge in [-0.15, -0.1) is 0 Å². The van der Waals surface area contributed by atoms with Gasteiger partial charge in [0, 0.05) is 12.6 Å². The number of anilines is 2. The summed E-state index contributed by atoms with van der Waals surface area (Å²) < 4.78 is 0. The lowest BCUT2D eigenvalue weighted by atomic mass is 10.1. The predicted molar refractivity (Wildman–Crippen MR) is 78.3 cm³/mol. The summed E-state index contributed by atoms with van der Waals surface area (Å²) in [5.41, 5.74) is 2.82. The lowest BCUT2D eigenvalue weighted by Crippen LogP contribution is -2.03. The molecule has 0 aliphatic rings. The molecule has 0 amide bonds. The van der Waals surface area contributed by atoms with E-state index < -0.39 is 5.97 Å². The fraction of sp³-hybridized carbons (Fsp3) is 0.214. The first-order valence-corrected chi connectivity index (χ1v) is 6.79. The van der Waals surface area contributed by atoms with E-state index in [1.54, 1.807) is 0 Å². The minimum atomic E-state index is -1.19. The Morgan fingerprint density at radius 3 is 2.50 bits per heavy atom. The molecule has 0 atom stereocenters. The average molecular weight is 290 g/mol. The van der Waals surface area contributed by atoms with Crippen LogP contribution in [0.5, 0.6) is 0 Å². The number of carbonyl (C=O) groups is 2. The minimum Gasteiger partial charge on any atom is -0.476 e. The molecule has 2 aromatic rings. The Bertz CT molecular complexity index is 660. The maximum atomic E-state index is 11.4. The number of carboxylic acid groups (broad SMARTS) is 1. The Balaban J connectivity index is 2.37. The van der Waals surface area contributed by atoms with Crippen LogP contribution in [0.25, 0.3) is 0 Å². The van der Waals surface area contributed by atoms with Crippen LogP contribution in [0.1, 0.15) is 38.2 Å². The molecule has 1 heterocycles. The first kappa shape index (κ1) is 14.2. The molecule has 1 aromatic carbocycles. The van der Waals surface area contributed by atoms with E-state index in [9.17, 15) is 9.59 Å². The third-order valence-electron chi connectivity index (χ3n) is 2.77. The van der Waals surface area contributed by atoms with Crippen molar-refractivity contribution in [3.63, 3.8) is 0 Å². The Labute approximate surface area is 120 Å². The summed E-state index contributed by atoms with van der Waals surface area (Å²) >= 11 is 1.05. The molecule has 0 aliphatic carbocycles. The summed E-state index contributed by atoms with van der Waals surface area (Å²) in [6, 6.07) is 5.87. The van der Waals surface area contributed by atoms with Gasteiger partial charge in [-0.1, -0.05) is 29.0 Å². The van der Waals surface area contributed by atoms with E-state index in [0.29, 0.717) is 5.13 Å². The Morgan fingerprint density at radius 1 is 1.30 bits per heavy atom. The van der Waals surface area contributed by atoms with Crippen molar-refractivity contribution in [2.45, 2.75) is 20.8 Å². The van der Waals surface area contributed by atoms with Crippen LogP contribution < -0.4 is 5.32 Å². The van der Waals surface area contributed by atoms with Crippen molar-refractivity contribution in [1.82, 2.24) is 4.98 Å². The fourth-order valence-electron chi connectivity index (χ4n) is 1.83. The molecule has 6 heteroatoms. The highest BCUT2D eigenvalue weighted by atomic mass is 32.1. The largest absolute Gasteiger partial charge is 0.476 e. The van der Waals surface area contributed by atoms with Crippen LogP contribution >= 0.6 is 11.3 Å². The molecule has 0 aliphatic heterocycles. The van der Waals surface area contributed by atoms with Crippen LogP contribution in [0, 0.1) is 13.8 Å². The molecule has 0 saturated heterocycles. The Kier molecular flexibility index (Phi) is 3.85. The molecule has 104 valence electrons. The smallest absolute Gasteiger partial charge is 0.356 e. The number of rotatable bonds is 4. The molecule has 2 N–H and O–H groups in total. The first-order valence-electron chi connectivity index (χ1n) is 5.98. The normalized spacial score (nSPS) is 10.3. The lowest BCUT2D eigenvalue weighted by Gasteiger charge is -2.07. The van der Waals surface area contributed by atoms with Crippen LogP contribution in [-0.4, -0.2) is 21.8 Å². The van der Waals surface area contributed by atoms with Crippen LogP contribution in [0.15, 0.2) is 18.2 Å². The average Bonchev–Trinajstić information content (AvgIpc) is 2.77. The molecule has 1 aromatic heterocycles. The van der Waals surface area contributed by atoms with E-state index in [1.807, 2.05) is 32.0 Å². The van der Waals surface area contributed by atoms with Crippen molar-refractivity contribution in [2.75, 3.05) is 5.32 Å². The van der Waals surface area contributed by atoms with Crippen molar-refractivity contribution in [2.24, 2.45) is 0 Å². The quantitative estimate of drug-likeness (QED) is 0.844. The number of hydrogen-bond acceptors (Lipinski definition) is 5. The number of carboxylic acids is 1. The van der Waals surface area contributed by atoms with E-state index in [4.69, 9.17) is 5.11 Å². The molecule has 0 unspecified atom stereocenters. The summed E-state index contributed by atoms with van der Waals surface area (Å²) in [5, 5.41) is 12.5. The maximum absolute atomic E-state index is 11.4. The number of nitrogens with zero attached hydrogens (tertiary/aromatic N) is 1. The van der Waals surface area contributed by atoms with Crippen molar-refractivity contribution in [3.05, 3.63) is 39.9 Å². The van der Waals surface area contributed by atoms with Crippen molar-refractivity contribution < 1.29 is 14.7 Å². The highest BCUT2D eigenvalue weighted by Gasteiger charge is 2.20. The standard InChI is InChI=1S/C14H14N2O3S/c1-7-4-5-10(8(2)6-7)15-14-16-11(13(18)19)12(20-14)9(3)17/h4-6H,1-3H3,(H,15,16)(H,18,19). The van der Waals surface area contributed by atoms with Crippen LogP contribution in [0.3, 0.4) is 0 Å². The number of Topliss-reactive ketones (excluding diaryl/α,β-unsaturated/α-hetero) is 1. The van der Waals surface area contributed by atoms with E-state index in [2.05, 4.69) is 10.3 Å². The molecular weight excluding hydrogens is 276 g/mol. The number of carbonyl (C=O) groups excluding carboxylic acids is 1. The van der Waals surface area contributed by atoms with Gasteiger partial charge in [0.15, 0.2) is 16.6 Å². The van der Waals surface area contributed by atoms with E-state index in [1.165, 1.54) is 6.92 Å². The molecule has 0 fully saturated rings. The second-order valence-electron chi connectivity index (χ2n) is 4.50. The van der Waals surface area contributed by atoms with E-state index in [0.717, 1.165) is 28.2 Å². The van der Waals surface area contributed by atoms with Gasteiger partial charge >= 0.3 is 5.97 Å². The van der Waals surface area contributed by atoms with E-state index in [-0.39, 0.29) is 16.4 Å². The number of nitrogens with one attached hydrogen (secondary N) is 1. The second kappa shape index (κ2) is 5.42. The van der Waals surface area contributed by atoms with Crippen LogP contribution in [0.2, 0.25) is 0 Å². The number of benzene rings is 1. The Morgan fingerprint density at radius 2 is 2.00 bits per heavy atom. The molecule has 2 rings (SSSR count). The highest BCUT2D eigenvalue weighted by Crippen LogP contribution is 2.28. The van der Waals surface area contributed by atoms with E-state index >= 15 is 0 Å². The van der Waals surface area contributed by atoms with Gasteiger partial charge in [-0.3, -0.25) is 4.79 Å². The molecule has 0 spiro atoms. The number of hydrogen-bond donors (Lipinski definition) is 2. The molecule has 0 radical (unpaired) electrons. The minimum absolute atomic E-state index is 0.157. The zero-order chi connectivity index (χ0) is 14.9. The fourth-order valence-corrected chi connectivity index (χ4v) is 2.69. The molecular formula is C14H14N2O3S.